The standard InChI is InChI=1S/C12H15F2N5O.C6H9NO/c1-19-6-9(10(18-19)11-17-15-7-20-11)16-8-2-4-12(13,14)5-3-8;1-2-5-3-4-7-6(5)8/h6-8,16H,2-5H2,1H3;2,5H,1,3-4H2,(H,7,8). The lowest BCUT2D eigenvalue weighted by atomic mass is 9.92. The number of halogens is 2. The predicted molar refractivity (Wildman–Crippen MR) is 98.6 cm³/mol. The van der Waals surface area contributed by atoms with E-state index in [1.165, 1.54) is 6.39 Å². The van der Waals surface area contributed by atoms with Gasteiger partial charge in [-0.15, -0.1) is 16.8 Å². The summed E-state index contributed by atoms with van der Waals surface area (Å²) >= 11 is 0. The van der Waals surface area contributed by atoms with Crippen molar-refractivity contribution in [3.8, 4) is 11.6 Å². The van der Waals surface area contributed by atoms with E-state index in [9.17, 15) is 13.6 Å². The van der Waals surface area contributed by atoms with E-state index in [2.05, 4.69) is 32.5 Å². The van der Waals surface area contributed by atoms with Gasteiger partial charge in [0.15, 0.2) is 5.69 Å². The highest BCUT2D eigenvalue weighted by molar-refractivity contribution is 5.82. The SMILES string of the molecule is C=CC1CCNC1=O.Cn1cc(NC2CCC(F)(F)CC2)c(-c2nnco2)n1. The van der Waals surface area contributed by atoms with Gasteiger partial charge in [0.1, 0.15) is 0 Å². The molecule has 1 aliphatic carbocycles. The second-order valence-corrected chi connectivity index (χ2v) is 7.01. The summed E-state index contributed by atoms with van der Waals surface area (Å²) in [5, 5.41) is 17.7. The van der Waals surface area contributed by atoms with E-state index in [1.54, 1.807) is 24.0 Å². The first-order valence-electron chi connectivity index (χ1n) is 9.23. The zero-order valence-electron chi connectivity index (χ0n) is 15.7. The summed E-state index contributed by atoms with van der Waals surface area (Å²) in [6, 6.07) is 0.0143. The minimum absolute atomic E-state index is 0.0143. The Hall–Kier alpha value is -2.78. The van der Waals surface area contributed by atoms with Crippen LogP contribution in [0.2, 0.25) is 0 Å². The van der Waals surface area contributed by atoms with Gasteiger partial charge in [0, 0.05) is 38.7 Å². The van der Waals surface area contributed by atoms with Crippen molar-refractivity contribution in [3.63, 3.8) is 0 Å². The Morgan fingerprint density at radius 1 is 1.39 bits per heavy atom. The van der Waals surface area contributed by atoms with Crippen LogP contribution in [0, 0.1) is 5.92 Å². The molecular formula is C18H24F2N6O2. The van der Waals surface area contributed by atoms with Crippen molar-refractivity contribution in [1.29, 1.82) is 0 Å². The molecule has 1 unspecified atom stereocenters. The van der Waals surface area contributed by atoms with Gasteiger partial charge >= 0.3 is 0 Å². The van der Waals surface area contributed by atoms with Crippen LogP contribution >= 0.6 is 0 Å². The van der Waals surface area contributed by atoms with E-state index in [0.717, 1.165) is 18.7 Å². The maximum atomic E-state index is 13.1. The highest BCUT2D eigenvalue weighted by Crippen LogP contribution is 2.35. The summed E-state index contributed by atoms with van der Waals surface area (Å²) in [5.74, 6) is -2.01. The predicted octanol–water partition coefficient (Wildman–Crippen LogP) is 2.77. The van der Waals surface area contributed by atoms with Gasteiger partial charge in [-0.3, -0.25) is 9.48 Å². The van der Waals surface area contributed by atoms with E-state index in [1.807, 2.05) is 0 Å². The van der Waals surface area contributed by atoms with Crippen LogP contribution < -0.4 is 10.6 Å². The number of carbonyl (C=O) groups is 1. The maximum Gasteiger partial charge on any atom is 0.270 e. The van der Waals surface area contributed by atoms with E-state index < -0.39 is 5.92 Å². The highest BCUT2D eigenvalue weighted by Gasteiger charge is 2.35. The molecule has 2 fully saturated rings. The van der Waals surface area contributed by atoms with Crippen LogP contribution in [0.15, 0.2) is 29.7 Å². The molecule has 1 atom stereocenters. The quantitative estimate of drug-likeness (QED) is 0.774. The molecule has 1 aliphatic heterocycles. The van der Waals surface area contributed by atoms with Gasteiger partial charge in [-0.05, 0) is 19.3 Å². The number of alkyl halides is 2. The van der Waals surface area contributed by atoms with Crippen LogP contribution in [0.5, 0.6) is 0 Å². The zero-order chi connectivity index (χ0) is 20.1. The first-order chi connectivity index (χ1) is 13.4. The first-order valence-corrected chi connectivity index (χ1v) is 9.23. The van der Waals surface area contributed by atoms with Gasteiger partial charge in [0.25, 0.3) is 5.89 Å². The third kappa shape index (κ3) is 4.93. The van der Waals surface area contributed by atoms with Crippen LogP contribution in [0.1, 0.15) is 32.1 Å². The Kier molecular flexibility index (Phi) is 6.05. The van der Waals surface area contributed by atoms with Gasteiger partial charge in [-0.25, -0.2) is 8.78 Å². The molecule has 0 bridgehead atoms. The average molecular weight is 394 g/mol. The van der Waals surface area contributed by atoms with Gasteiger partial charge in [0.2, 0.25) is 18.2 Å². The second-order valence-electron chi connectivity index (χ2n) is 7.01. The topological polar surface area (TPSA) is 97.9 Å². The lowest BCUT2D eigenvalue weighted by Gasteiger charge is -2.29. The molecule has 28 heavy (non-hydrogen) atoms. The number of hydrogen-bond donors (Lipinski definition) is 2. The molecule has 0 radical (unpaired) electrons. The smallest absolute Gasteiger partial charge is 0.270 e. The van der Waals surface area contributed by atoms with Crippen LogP contribution in [0.25, 0.3) is 11.6 Å². The Morgan fingerprint density at radius 3 is 2.68 bits per heavy atom. The van der Waals surface area contributed by atoms with Gasteiger partial charge in [0.05, 0.1) is 11.6 Å². The van der Waals surface area contributed by atoms with E-state index in [-0.39, 0.29) is 30.7 Å². The average Bonchev–Trinajstić information content (AvgIpc) is 3.38. The number of nitrogens with one attached hydrogen (secondary N) is 2. The van der Waals surface area contributed by atoms with Crippen LogP contribution in [-0.4, -0.2) is 44.4 Å². The molecule has 1 amide bonds. The van der Waals surface area contributed by atoms with E-state index >= 15 is 0 Å². The van der Waals surface area contributed by atoms with Crippen molar-refractivity contribution < 1.29 is 18.0 Å². The second kappa shape index (κ2) is 8.49. The summed E-state index contributed by atoms with van der Waals surface area (Å²) in [6.45, 7) is 4.35. The molecule has 10 heteroatoms. The van der Waals surface area contributed by atoms with Gasteiger partial charge < -0.3 is 15.1 Å². The Bertz CT molecular complexity index is 795. The van der Waals surface area contributed by atoms with Crippen LogP contribution in [0.3, 0.4) is 0 Å². The van der Waals surface area contributed by atoms with Crippen LogP contribution in [-0.2, 0) is 11.8 Å². The summed E-state index contributed by atoms with van der Waals surface area (Å²) in [6.07, 6.45) is 6.34. The number of aryl methyl sites for hydroxylation is 1. The van der Waals surface area contributed by atoms with Crippen molar-refractivity contribution in [3.05, 3.63) is 25.2 Å². The molecule has 152 valence electrons. The third-order valence-electron chi connectivity index (χ3n) is 4.84. The minimum atomic E-state index is -2.53. The van der Waals surface area contributed by atoms with Crippen molar-refractivity contribution >= 4 is 11.6 Å². The number of aromatic nitrogens is 4. The molecular weight excluding hydrogens is 370 g/mol. The van der Waals surface area contributed by atoms with Gasteiger partial charge in [-0.2, -0.15) is 5.10 Å². The molecule has 4 rings (SSSR count). The fourth-order valence-corrected chi connectivity index (χ4v) is 3.27. The molecule has 1 saturated heterocycles. The first kappa shape index (κ1) is 20.0. The minimum Gasteiger partial charge on any atom is -0.422 e. The normalized spacial score (nSPS) is 21.5. The monoisotopic (exact) mass is 394 g/mol. The molecule has 1 saturated carbocycles. The highest BCUT2D eigenvalue weighted by atomic mass is 19.3. The third-order valence-corrected chi connectivity index (χ3v) is 4.84. The van der Waals surface area contributed by atoms with Crippen molar-refractivity contribution in [2.45, 2.75) is 44.1 Å². The lowest BCUT2D eigenvalue weighted by molar-refractivity contribution is -0.121. The summed E-state index contributed by atoms with van der Waals surface area (Å²) in [5.41, 5.74) is 1.27. The number of carbonyl (C=O) groups excluding carboxylic acids is 1. The maximum absolute atomic E-state index is 13.1. The Balaban J connectivity index is 0.000000236. The molecule has 0 aromatic carbocycles. The number of amides is 1. The molecule has 3 heterocycles. The molecule has 8 nitrogen and oxygen atoms in total. The zero-order valence-corrected chi connectivity index (χ0v) is 15.7. The summed E-state index contributed by atoms with van der Waals surface area (Å²) < 4.78 is 33.1. The number of anilines is 1. The number of rotatable bonds is 4. The Morgan fingerprint density at radius 2 is 2.14 bits per heavy atom. The number of hydrogen-bond acceptors (Lipinski definition) is 6. The van der Waals surface area contributed by atoms with Crippen molar-refractivity contribution in [1.82, 2.24) is 25.3 Å². The fraction of sp³-hybridized carbons (Fsp3) is 0.556. The molecule has 2 aromatic rings. The van der Waals surface area contributed by atoms with E-state index in [0.29, 0.717) is 24.4 Å². The van der Waals surface area contributed by atoms with Crippen molar-refractivity contribution in [2.75, 3.05) is 11.9 Å². The summed E-state index contributed by atoms with van der Waals surface area (Å²) in [4.78, 5) is 10.6. The van der Waals surface area contributed by atoms with E-state index in [4.69, 9.17) is 4.42 Å². The number of nitrogens with zero attached hydrogens (tertiary/aromatic N) is 4. The molecule has 2 aliphatic rings. The largest absolute Gasteiger partial charge is 0.422 e. The summed E-state index contributed by atoms with van der Waals surface area (Å²) in [7, 11) is 1.78. The molecule has 2 N–H and O–H groups in total. The van der Waals surface area contributed by atoms with Crippen LogP contribution in [0.4, 0.5) is 14.5 Å². The molecule has 2 aromatic heterocycles. The lowest BCUT2D eigenvalue weighted by Crippen LogP contribution is -2.32. The van der Waals surface area contributed by atoms with Crippen molar-refractivity contribution in [2.24, 2.45) is 13.0 Å². The fourth-order valence-electron chi connectivity index (χ4n) is 3.27. The molecule has 0 spiro atoms. The Labute approximate surface area is 161 Å². The van der Waals surface area contributed by atoms with Gasteiger partial charge in [-0.1, -0.05) is 6.08 Å².